The van der Waals surface area contributed by atoms with Gasteiger partial charge in [0.1, 0.15) is 0 Å². The van der Waals surface area contributed by atoms with E-state index in [0.29, 0.717) is 25.4 Å². The number of hydrogen-bond donors (Lipinski definition) is 0. The van der Waals surface area contributed by atoms with Crippen molar-refractivity contribution in [1.82, 2.24) is 4.90 Å². The van der Waals surface area contributed by atoms with Crippen molar-refractivity contribution in [3.63, 3.8) is 0 Å². The summed E-state index contributed by atoms with van der Waals surface area (Å²) in [7, 11) is 0. The van der Waals surface area contributed by atoms with Gasteiger partial charge in [0.05, 0.1) is 0 Å². The molecular formula is C17H26ClNO. The summed E-state index contributed by atoms with van der Waals surface area (Å²) in [4.78, 5) is 14.1. The van der Waals surface area contributed by atoms with Crippen molar-refractivity contribution in [2.24, 2.45) is 0 Å². The number of rotatable bonds is 10. The fourth-order valence-corrected chi connectivity index (χ4v) is 2.44. The molecule has 2 nitrogen and oxygen atoms in total. The van der Waals surface area contributed by atoms with Crippen LogP contribution in [0.3, 0.4) is 0 Å². The molecule has 1 aromatic rings. The number of carbonyl (C=O) groups excluding carboxylic acids is 1. The van der Waals surface area contributed by atoms with Crippen LogP contribution in [0.25, 0.3) is 0 Å². The zero-order valence-electron chi connectivity index (χ0n) is 12.5. The molecule has 0 aliphatic carbocycles. The van der Waals surface area contributed by atoms with E-state index in [1.165, 1.54) is 19.3 Å². The van der Waals surface area contributed by atoms with Gasteiger partial charge in [-0.25, -0.2) is 0 Å². The zero-order chi connectivity index (χ0) is 14.6. The van der Waals surface area contributed by atoms with E-state index < -0.39 is 0 Å². The Hall–Kier alpha value is -1.02. The molecule has 0 N–H and O–H groups in total. The monoisotopic (exact) mass is 295 g/mol. The minimum atomic E-state index is 0.228. The lowest BCUT2D eigenvalue weighted by molar-refractivity contribution is -0.131. The molecule has 0 saturated heterocycles. The number of carbonyl (C=O) groups is 1. The van der Waals surface area contributed by atoms with Crippen molar-refractivity contribution >= 4 is 17.5 Å². The Balaban J connectivity index is 2.38. The average Bonchev–Trinajstić information content (AvgIpc) is 2.47. The first-order valence-corrected chi connectivity index (χ1v) is 8.19. The lowest BCUT2D eigenvalue weighted by Crippen LogP contribution is -2.32. The Kier molecular flexibility index (Phi) is 9.14. The average molecular weight is 296 g/mol. The van der Waals surface area contributed by atoms with E-state index in [0.717, 1.165) is 18.4 Å². The molecule has 0 unspecified atom stereocenters. The number of hydrogen-bond acceptors (Lipinski definition) is 1. The molecule has 0 bridgehead atoms. The Labute approximate surface area is 128 Å². The van der Waals surface area contributed by atoms with Gasteiger partial charge in [-0.2, -0.15) is 0 Å². The van der Waals surface area contributed by atoms with Crippen molar-refractivity contribution in [2.45, 2.75) is 52.0 Å². The van der Waals surface area contributed by atoms with E-state index in [1.54, 1.807) is 0 Å². The van der Waals surface area contributed by atoms with Crippen molar-refractivity contribution < 1.29 is 4.79 Å². The highest BCUT2D eigenvalue weighted by atomic mass is 35.5. The van der Waals surface area contributed by atoms with Crippen LogP contribution in [0.15, 0.2) is 30.3 Å². The number of halogens is 1. The molecule has 0 atom stereocenters. The molecule has 112 valence electrons. The lowest BCUT2D eigenvalue weighted by atomic mass is 10.1. The second kappa shape index (κ2) is 10.7. The molecule has 1 amide bonds. The minimum Gasteiger partial charge on any atom is -0.337 e. The first-order chi connectivity index (χ1) is 9.77. The third-order valence-electron chi connectivity index (χ3n) is 3.42. The molecule has 0 aromatic heterocycles. The molecule has 0 saturated carbocycles. The number of unbranched alkanes of at least 4 members (excludes halogenated alkanes) is 4. The van der Waals surface area contributed by atoms with Gasteiger partial charge in [-0.15, -0.1) is 11.6 Å². The molecule has 1 rings (SSSR count). The first kappa shape index (κ1) is 17.0. The van der Waals surface area contributed by atoms with Gasteiger partial charge in [-0.1, -0.05) is 62.9 Å². The summed E-state index contributed by atoms with van der Waals surface area (Å²) in [6.45, 7) is 3.50. The quantitative estimate of drug-likeness (QED) is 0.456. The molecule has 3 heteroatoms. The van der Waals surface area contributed by atoms with E-state index in [-0.39, 0.29) is 5.91 Å². The van der Waals surface area contributed by atoms with Gasteiger partial charge in [0, 0.05) is 25.4 Å². The normalized spacial score (nSPS) is 10.5. The Morgan fingerprint density at radius 1 is 1.10 bits per heavy atom. The maximum Gasteiger partial charge on any atom is 0.222 e. The number of amides is 1. The Morgan fingerprint density at radius 2 is 1.80 bits per heavy atom. The van der Waals surface area contributed by atoms with Crippen LogP contribution < -0.4 is 0 Å². The van der Waals surface area contributed by atoms with Gasteiger partial charge in [0.15, 0.2) is 0 Å². The third-order valence-corrected chi connectivity index (χ3v) is 3.59. The first-order valence-electron chi connectivity index (χ1n) is 7.65. The van der Waals surface area contributed by atoms with Crippen LogP contribution >= 0.6 is 11.6 Å². The largest absolute Gasteiger partial charge is 0.337 e. The Morgan fingerprint density at radius 3 is 2.45 bits per heavy atom. The van der Waals surface area contributed by atoms with Gasteiger partial charge in [0.2, 0.25) is 5.91 Å². The molecule has 0 aliphatic heterocycles. The highest BCUT2D eigenvalue weighted by Gasteiger charge is 2.12. The molecule has 0 aliphatic rings. The zero-order valence-corrected chi connectivity index (χ0v) is 13.2. The number of nitrogens with zero attached hydrogens (tertiary/aromatic N) is 1. The maximum atomic E-state index is 12.2. The third kappa shape index (κ3) is 6.95. The van der Waals surface area contributed by atoms with E-state index >= 15 is 0 Å². The van der Waals surface area contributed by atoms with Crippen LogP contribution in [0, 0.1) is 0 Å². The van der Waals surface area contributed by atoms with Crippen molar-refractivity contribution in [2.75, 3.05) is 12.4 Å². The fourth-order valence-electron chi connectivity index (χ4n) is 2.24. The summed E-state index contributed by atoms with van der Waals surface area (Å²) < 4.78 is 0. The summed E-state index contributed by atoms with van der Waals surface area (Å²) in [5, 5.41) is 0. The van der Waals surface area contributed by atoms with E-state index in [4.69, 9.17) is 11.6 Å². The number of alkyl halides is 1. The van der Waals surface area contributed by atoms with Crippen LogP contribution in [0.4, 0.5) is 0 Å². The summed E-state index contributed by atoms with van der Waals surface area (Å²) >= 11 is 5.82. The minimum absolute atomic E-state index is 0.228. The Bertz CT molecular complexity index is 367. The smallest absolute Gasteiger partial charge is 0.222 e. The fraction of sp³-hybridized carbons (Fsp3) is 0.588. The van der Waals surface area contributed by atoms with Crippen molar-refractivity contribution in [3.05, 3.63) is 35.9 Å². The predicted octanol–water partition coefficient (Wildman–Crippen LogP) is 4.61. The van der Waals surface area contributed by atoms with Crippen LogP contribution in [-0.4, -0.2) is 23.2 Å². The van der Waals surface area contributed by atoms with E-state index in [1.807, 2.05) is 23.1 Å². The molecule has 0 fully saturated rings. The van der Waals surface area contributed by atoms with Crippen LogP contribution in [0.2, 0.25) is 0 Å². The van der Waals surface area contributed by atoms with E-state index in [9.17, 15) is 4.79 Å². The van der Waals surface area contributed by atoms with Gasteiger partial charge in [0.25, 0.3) is 0 Å². The van der Waals surface area contributed by atoms with Gasteiger partial charge >= 0.3 is 0 Å². The van der Waals surface area contributed by atoms with Gasteiger partial charge in [-0.05, 0) is 12.0 Å². The second-order valence-corrected chi connectivity index (χ2v) is 5.53. The van der Waals surface area contributed by atoms with Crippen LogP contribution in [0.5, 0.6) is 0 Å². The summed E-state index contributed by atoms with van der Waals surface area (Å²) in [5.74, 6) is 0.722. The molecule has 20 heavy (non-hydrogen) atoms. The van der Waals surface area contributed by atoms with E-state index in [2.05, 4.69) is 19.1 Å². The lowest BCUT2D eigenvalue weighted by Gasteiger charge is -2.22. The summed E-state index contributed by atoms with van der Waals surface area (Å²) in [5.41, 5.74) is 1.16. The molecular weight excluding hydrogens is 270 g/mol. The maximum absolute atomic E-state index is 12.2. The highest BCUT2D eigenvalue weighted by molar-refractivity contribution is 6.18. The number of benzene rings is 1. The summed E-state index contributed by atoms with van der Waals surface area (Å²) in [6.07, 6.45) is 6.53. The molecule has 1 aromatic carbocycles. The standard InChI is InChI=1S/C17H26ClNO/c1-2-3-4-5-9-12-17(20)19(14-13-18)15-16-10-7-6-8-11-16/h6-8,10-11H,2-5,9,12-15H2,1H3. The highest BCUT2D eigenvalue weighted by Crippen LogP contribution is 2.10. The summed E-state index contributed by atoms with van der Waals surface area (Å²) in [6, 6.07) is 10.1. The van der Waals surface area contributed by atoms with Gasteiger partial charge in [-0.3, -0.25) is 4.79 Å². The molecule has 0 heterocycles. The SMILES string of the molecule is CCCCCCCC(=O)N(CCCl)Cc1ccccc1. The molecule has 0 radical (unpaired) electrons. The van der Waals surface area contributed by atoms with Crippen LogP contribution in [-0.2, 0) is 11.3 Å². The van der Waals surface area contributed by atoms with Crippen LogP contribution in [0.1, 0.15) is 51.0 Å². The molecule has 0 spiro atoms. The topological polar surface area (TPSA) is 20.3 Å². The second-order valence-electron chi connectivity index (χ2n) is 5.15. The van der Waals surface area contributed by atoms with Gasteiger partial charge < -0.3 is 4.90 Å². The predicted molar refractivity (Wildman–Crippen MR) is 86.0 cm³/mol. The van der Waals surface area contributed by atoms with Crippen molar-refractivity contribution in [1.29, 1.82) is 0 Å². The van der Waals surface area contributed by atoms with Crippen molar-refractivity contribution in [3.8, 4) is 0 Å².